The van der Waals surface area contributed by atoms with Crippen molar-refractivity contribution in [2.24, 2.45) is 0 Å². The van der Waals surface area contributed by atoms with Crippen LogP contribution < -0.4 is 5.32 Å². The summed E-state index contributed by atoms with van der Waals surface area (Å²) in [6.07, 6.45) is 0.732. The summed E-state index contributed by atoms with van der Waals surface area (Å²) in [4.78, 5) is 24.2. The van der Waals surface area contributed by atoms with E-state index in [0.29, 0.717) is 5.82 Å². The highest BCUT2D eigenvalue weighted by Gasteiger charge is 2.31. The van der Waals surface area contributed by atoms with Crippen molar-refractivity contribution in [3.8, 4) is 11.4 Å². The average molecular weight is 434 g/mol. The van der Waals surface area contributed by atoms with Gasteiger partial charge in [-0.25, -0.2) is 24.0 Å². The van der Waals surface area contributed by atoms with E-state index >= 15 is 0 Å². The van der Waals surface area contributed by atoms with Gasteiger partial charge in [-0.05, 0) is 37.6 Å². The summed E-state index contributed by atoms with van der Waals surface area (Å²) in [6, 6.07) is 2.84. The maximum absolute atomic E-state index is 13.0. The average Bonchev–Trinajstić information content (AvgIpc) is 3.19. The van der Waals surface area contributed by atoms with E-state index in [9.17, 15) is 22.4 Å². The number of aromatic nitrogens is 5. The molecule has 11 heteroatoms. The highest BCUT2D eigenvalue weighted by atomic mass is 19.4. The van der Waals surface area contributed by atoms with Gasteiger partial charge in [-0.3, -0.25) is 4.79 Å². The Labute approximate surface area is 174 Å². The molecule has 0 aliphatic carbocycles. The molecule has 0 unspecified atom stereocenters. The monoisotopic (exact) mass is 434 g/mol. The Morgan fingerprint density at radius 3 is 2.65 bits per heavy atom. The van der Waals surface area contributed by atoms with Gasteiger partial charge in [-0.1, -0.05) is 0 Å². The van der Waals surface area contributed by atoms with Crippen LogP contribution in [-0.4, -0.2) is 30.6 Å². The number of halogens is 4. The van der Waals surface area contributed by atoms with E-state index < -0.39 is 24.3 Å². The number of benzene rings is 1. The summed E-state index contributed by atoms with van der Waals surface area (Å²) in [7, 11) is 0. The number of amides is 1. The molecule has 2 aromatic heterocycles. The molecule has 0 saturated heterocycles. The van der Waals surface area contributed by atoms with E-state index in [-0.39, 0.29) is 23.5 Å². The van der Waals surface area contributed by atoms with Gasteiger partial charge in [0.1, 0.15) is 18.8 Å². The van der Waals surface area contributed by atoms with Crippen molar-refractivity contribution < 1.29 is 22.4 Å². The van der Waals surface area contributed by atoms with Crippen LogP contribution in [0.4, 0.5) is 17.6 Å². The third-order valence-electron chi connectivity index (χ3n) is 4.27. The molecule has 2 heterocycles. The number of carbonyl (C=O) groups is 1. The van der Waals surface area contributed by atoms with Crippen LogP contribution >= 0.6 is 0 Å². The fourth-order valence-electron chi connectivity index (χ4n) is 2.71. The van der Waals surface area contributed by atoms with Crippen molar-refractivity contribution in [3.63, 3.8) is 0 Å². The van der Waals surface area contributed by atoms with Crippen molar-refractivity contribution in [2.45, 2.75) is 33.2 Å². The minimum Gasteiger partial charge on any atom is -0.348 e. The Bertz CT molecular complexity index is 1120. The number of rotatable bonds is 6. The maximum Gasteiger partial charge on any atom is 0.416 e. The molecular weight excluding hydrogens is 416 g/mol. The zero-order valence-electron chi connectivity index (χ0n) is 16.6. The third-order valence-corrected chi connectivity index (χ3v) is 4.27. The lowest BCUT2D eigenvalue weighted by atomic mass is 10.1. The Hall–Kier alpha value is -3.63. The lowest BCUT2D eigenvalue weighted by molar-refractivity contribution is -0.137. The Morgan fingerprint density at radius 1 is 1.19 bits per heavy atom. The molecule has 1 amide bonds. The second-order valence-electron chi connectivity index (χ2n) is 6.66. The summed E-state index contributed by atoms with van der Waals surface area (Å²) in [5, 5.41) is 6.70. The molecule has 0 saturated carbocycles. The fourth-order valence-corrected chi connectivity index (χ4v) is 2.71. The summed E-state index contributed by atoms with van der Waals surface area (Å²) in [6.45, 7) is 2.75. The first-order chi connectivity index (χ1) is 14.7. The SMILES string of the molecule is Cc1ncc(CNC(=O)/C=C\n2cnc(-c3cc(CF)cc(C(F)(F)F)c3)n2)c(C)n1. The topological polar surface area (TPSA) is 85.6 Å². The number of alkyl halides is 4. The molecule has 3 rings (SSSR count). The molecule has 0 spiro atoms. The van der Waals surface area contributed by atoms with E-state index in [2.05, 4.69) is 25.4 Å². The van der Waals surface area contributed by atoms with Gasteiger partial charge in [0.2, 0.25) is 5.91 Å². The molecule has 31 heavy (non-hydrogen) atoms. The molecule has 3 aromatic rings. The maximum atomic E-state index is 13.0. The fraction of sp³-hybridized carbons (Fsp3) is 0.250. The van der Waals surface area contributed by atoms with Crippen LogP contribution in [-0.2, 0) is 24.2 Å². The number of aryl methyl sites for hydroxylation is 2. The van der Waals surface area contributed by atoms with Crippen molar-refractivity contribution in [3.05, 3.63) is 65.0 Å². The van der Waals surface area contributed by atoms with Gasteiger partial charge in [-0.2, -0.15) is 13.2 Å². The number of hydrogen-bond acceptors (Lipinski definition) is 5. The highest BCUT2D eigenvalue weighted by Crippen LogP contribution is 2.32. The zero-order valence-corrected chi connectivity index (χ0v) is 16.6. The van der Waals surface area contributed by atoms with Gasteiger partial charge in [0.15, 0.2) is 5.82 Å². The van der Waals surface area contributed by atoms with Gasteiger partial charge in [0.05, 0.1) is 5.56 Å². The van der Waals surface area contributed by atoms with Crippen LogP contribution in [0.1, 0.15) is 28.2 Å². The Balaban J connectivity index is 1.69. The van der Waals surface area contributed by atoms with Crippen LogP contribution in [0.25, 0.3) is 17.6 Å². The minimum absolute atomic E-state index is 0.0222. The first-order valence-corrected chi connectivity index (χ1v) is 9.09. The van der Waals surface area contributed by atoms with Gasteiger partial charge in [0, 0.05) is 41.8 Å². The molecule has 0 atom stereocenters. The highest BCUT2D eigenvalue weighted by molar-refractivity contribution is 5.89. The standard InChI is InChI=1S/C20H18F4N6O/c1-12-16(9-25-13(2)28-12)10-26-18(31)3-4-30-11-27-19(29-30)15-5-14(8-21)6-17(7-15)20(22,23)24/h3-7,9,11H,8,10H2,1-2H3,(H,26,31)/b4-3-. The largest absolute Gasteiger partial charge is 0.416 e. The van der Waals surface area contributed by atoms with Gasteiger partial charge >= 0.3 is 6.18 Å². The van der Waals surface area contributed by atoms with Crippen LogP contribution in [0.15, 0.2) is 36.8 Å². The minimum atomic E-state index is -4.62. The predicted octanol–water partition coefficient (Wildman–Crippen LogP) is 3.63. The molecule has 162 valence electrons. The van der Waals surface area contributed by atoms with Gasteiger partial charge < -0.3 is 5.32 Å². The van der Waals surface area contributed by atoms with Gasteiger partial charge in [-0.15, -0.1) is 5.10 Å². The summed E-state index contributed by atoms with van der Waals surface area (Å²) in [5.74, 6) is 0.183. The normalized spacial score (nSPS) is 11.8. The molecule has 0 aliphatic rings. The lowest BCUT2D eigenvalue weighted by Crippen LogP contribution is -2.21. The number of nitrogens with one attached hydrogen (secondary N) is 1. The van der Waals surface area contributed by atoms with E-state index in [1.54, 1.807) is 13.1 Å². The first kappa shape index (κ1) is 22.1. The first-order valence-electron chi connectivity index (χ1n) is 9.09. The molecule has 1 N–H and O–H groups in total. The number of carbonyl (C=O) groups excluding carboxylic acids is 1. The van der Waals surface area contributed by atoms with Gasteiger partial charge in [0.25, 0.3) is 0 Å². The van der Waals surface area contributed by atoms with Crippen molar-refractivity contribution in [2.75, 3.05) is 0 Å². The van der Waals surface area contributed by atoms with E-state index in [4.69, 9.17) is 0 Å². The molecule has 7 nitrogen and oxygen atoms in total. The second-order valence-corrected chi connectivity index (χ2v) is 6.66. The number of hydrogen-bond donors (Lipinski definition) is 1. The Kier molecular flexibility index (Phi) is 6.42. The van der Waals surface area contributed by atoms with E-state index in [1.165, 1.54) is 29.4 Å². The second kappa shape index (κ2) is 9.02. The van der Waals surface area contributed by atoms with E-state index in [0.717, 1.165) is 23.4 Å². The van der Waals surface area contributed by atoms with Crippen LogP contribution in [0.3, 0.4) is 0 Å². The molecule has 0 fully saturated rings. The summed E-state index contributed by atoms with van der Waals surface area (Å²) >= 11 is 0. The lowest BCUT2D eigenvalue weighted by Gasteiger charge is -2.09. The molecule has 0 radical (unpaired) electrons. The van der Waals surface area contributed by atoms with Crippen LogP contribution in [0.5, 0.6) is 0 Å². The Morgan fingerprint density at radius 2 is 1.97 bits per heavy atom. The molecule has 0 bridgehead atoms. The summed E-state index contributed by atoms with van der Waals surface area (Å²) in [5.41, 5.74) is 0.426. The number of nitrogens with zero attached hydrogens (tertiary/aromatic N) is 5. The zero-order chi connectivity index (χ0) is 22.6. The quantitative estimate of drug-likeness (QED) is 0.473. The molecular formula is C20H18F4N6O. The molecule has 1 aromatic carbocycles. The van der Waals surface area contributed by atoms with Crippen molar-refractivity contribution in [1.29, 1.82) is 0 Å². The predicted molar refractivity (Wildman–Crippen MR) is 104 cm³/mol. The summed E-state index contributed by atoms with van der Waals surface area (Å²) < 4.78 is 53.2. The van der Waals surface area contributed by atoms with Crippen molar-refractivity contribution in [1.82, 2.24) is 30.0 Å². The van der Waals surface area contributed by atoms with Crippen molar-refractivity contribution >= 4 is 12.1 Å². The smallest absolute Gasteiger partial charge is 0.348 e. The third kappa shape index (κ3) is 5.71. The van der Waals surface area contributed by atoms with Crippen LogP contribution in [0.2, 0.25) is 0 Å². The molecule has 0 aliphatic heterocycles. The van der Waals surface area contributed by atoms with E-state index in [1.807, 2.05) is 6.92 Å². The van der Waals surface area contributed by atoms with Crippen LogP contribution in [0, 0.1) is 13.8 Å².